The van der Waals surface area contributed by atoms with Crippen molar-refractivity contribution in [2.75, 3.05) is 5.32 Å². The fraction of sp³-hybridized carbons (Fsp3) is 0.417. The Labute approximate surface area is 109 Å². The third-order valence-corrected chi connectivity index (χ3v) is 3.11. The molecule has 1 aromatic rings. The van der Waals surface area contributed by atoms with Gasteiger partial charge in [0.2, 0.25) is 5.91 Å². The van der Waals surface area contributed by atoms with E-state index in [0.717, 1.165) is 22.8 Å². The highest BCUT2D eigenvalue weighted by molar-refractivity contribution is 14.1. The molecule has 1 aromatic carbocycles. The lowest BCUT2D eigenvalue weighted by atomic mass is 10.2. The summed E-state index contributed by atoms with van der Waals surface area (Å²) in [5.74, 6) is -0.286. The van der Waals surface area contributed by atoms with Crippen molar-refractivity contribution in [3.8, 4) is 0 Å². The van der Waals surface area contributed by atoms with Crippen LogP contribution in [0.1, 0.15) is 32.6 Å². The highest BCUT2D eigenvalue weighted by atomic mass is 127. The van der Waals surface area contributed by atoms with Crippen molar-refractivity contribution in [3.63, 3.8) is 0 Å². The number of hydrogen-bond acceptors (Lipinski definition) is 1. The number of amides is 1. The third-order valence-electron chi connectivity index (χ3n) is 2.21. The second-order valence-corrected chi connectivity index (χ2v) is 4.79. The molecule has 0 spiro atoms. The second-order valence-electron chi connectivity index (χ2n) is 3.63. The Hall–Kier alpha value is -0.650. The molecule has 0 fully saturated rings. The minimum absolute atomic E-state index is 0.00188. The Morgan fingerprint density at radius 2 is 2.19 bits per heavy atom. The van der Waals surface area contributed by atoms with E-state index in [1.54, 1.807) is 6.07 Å². The van der Waals surface area contributed by atoms with Gasteiger partial charge in [0.05, 0.1) is 5.69 Å². The van der Waals surface area contributed by atoms with Gasteiger partial charge in [-0.15, -0.1) is 0 Å². The van der Waals surface area contributed by atoms with Crippen LogP contribution in [-0.2, 0) is 4.79 Å². The normalized spacial score (nSPS) is 10.2. The summed E-state index contributed by atoms with van der Waals surface area (Å²) in [4.78, 5) is 11.5. The highest BCUT2D eigenvalue weighted by Gasteiger charge is 2.05. The Bertz CT molecular complexity index is 368. The van der Waals surface area contributed by atoms with Gasteiger partial charge in [-0.1, -0.05) is 19.8 Å². The lowest BCUT2D eigenvalue weighted by molar-refractivity contribution is -0.116. The Balaban J connectivity index is 2.49. The Morgan fingerprint density at radius 3 is 2.81 bits per heavy atom. The Morgan fingerprint density at radius 1 is 1.44 bits per heavy atom. The predicted molar refractivity (Wildman–Crippen MR) is 71.9 cm³/mol. The van der Waals surface area contributed by atoms with Crippen LogP contribution in [0, 0.1) is 9.39 Å². The maximum atomic E-state index is 12.8. The van der Waals surface area contributed by atoms with Crippen LogP contribution < -0.4 is 5.32 Å². The minimum atomic E-state index is -0.284. The first-order valence-electron chi connectivity index (χ1n) is 5.38. The van der Waals surface area contributed by atoms with Crippen LogP contribution in [0.3, 0.4) is 0 Å². The molecule has 0 aliphatic heterocycles. The van der Waals surface area contributed by atoms with Crippen molar-refractivity contribution in [3.05, 3.63) is 27.6 Å². The predicted octanol–water partition coefficient (Wildman–Crippen LogP) is 3.95. The van der Waals surface area contributed by atoms with E-state index in [1.807, 2.05) is 22.6 Å². The van der Waals surface area contributed by atoms with Gasteiger partial charge < -0.3 is 5.32 Å². The van der Waals surface area contributed by atoms with Gasteiger partial charge in [0, 0.05) is 9.99 Å². The van der Waals surface area contributed by atoms with Crippen molar-refractivity contribution >= 4 is 34.2 Å². The monoisotopic (exact) mass is 335 g/mol. The van der Waals surface area contributed by atoms with Crippen LogP contribution >= 0.6 is 22.6 Å². The van der Waals surface area contributed by atoms with E-state index < -0.39 is 0 Å². The molecular weight excluding hydrogens is 320 g/mol. The lowest BCUT2D eigenvalue weighted by Crippen LogP contribution is -2.12. The summed E-state index contributed by atoms with van der Waals surface area (Å²) in [6.45, 7) is 2.10. The van der Waals surface area contributed by atoms with Gasteiger partial charge in [-0.25, -0.2) is 4.39 Å². The minimum Gasteiger partial charge on any atom is -0.325 e. The Kier molecular flexibility index (Phi) is 5.73. The van der Waals surface area contributed by atoms with Crippen molar-refractivity contribution in [2.45, 2.75) is 32.6 Å². The first kappa shape index (κ1) is 13.4. The number of nitrogens with one attached hydrogen (secondary N) is 1. The molecule has 0 saturated heterocycles. The number of rotatable bonds is 5. The number of unbranched alkanes of at least 4 members (excludes halogenated alkanes) is 2. The van der Waals surface area contributed by atoms with Crippen LogP contribution in [-0.4, -0.2) is 5.91 Å². The third kappa shape index (κ3) is 4.47. The number of anilines is 1. The molecule has 1 amide bonds. The first-order valence-corrected chi connectivity index (χ1v) is 6.46. The van der Waals surface area contributed by atoms with Crippen LogP contribution in [0.15, 0.2) is 18.2 Å². The number of hydrogen-bond donors (Lipinski definition) is 1. The van der Waals surface area contributed by atoms with Crippen molar-refractivity contribution < 1.29 is 9.18 Å². The highest BCUT2D eigenvalue weighted by Crippen LogP contribution is 2.19. The largest absolute Gasteiger partial charge is 0.325 e. The summed E-state index contributed by atoms with van der Waals surface area (Å²) in [6, 6.07) is 4.35. The van der Waals surface area contributed by atoms with Crippen LogP contribution in [0.4, 0.5) is 10.1 Å². The van der Waals surface area contributed by atoms with Crippen molar-refractivity contribution in [2.24, 2.45) is 0 Å². The molecule has 0 unspecified atom stereocenters. The summed E-state index contributed by atoms with van der Waals surface area (Å²) in [5, 5.41) is 2.78. The SMILES string of the molecule is CCCCCC(=O)Nc1ccc(F)cc1I. The topological polar surface area (TPSA) is 29.1 Å². The maximum Gasteiger partial charge on any atom is 0.224 e. The van der Waals surface area contributed by atoms with E-state index >= 15 is 0 Å². The van der Waals surface area contributed by atoms with E-state index in [-0.39, 0.29) is 11.7 Å². The summed E-state index contributed by atoms with van der Waals surface area (Å²) in [7, 11) is 0. The molecule has 0 aliphatic rings. The standard InChI is InChI=1S/C12H15FINO/c1-2-3-4-5-12(16)15-11-7-6-9(13)8-10(11)14/h6-8H,2-5H2,1H3,(H,15,16). The summed E-state index contributed by atoms with van der Waals surface area (Å²) in [5.41, 5.74) is 0.684. The molecule has 88 valence electrons. The van der Waals surface area contributed by atoms with E-state index in [4.69, 9.17) is 0 Å². The van der Waals surface area contributed by atoms with Crippen LogP contribution in [0.2, 0.25) is 0 Å². The zero-order valence-corrected chi connectivity index (χ0v) is 11.4. The smallest absolute Gasteiger partial charge is 0.224 e. The van der Waals surface area contributed by atoms with Gasteiger partial charge in [0.1, 0.15) is 5.82 Å². The van der Waals surface area contributed by atoms with E-state index in [9.17, 15) is 9.18 Å². The van der Waals surface area contributed by atoms with Gasteiger partial charge in [-0.2, -0.15) is 0 Å². The first-order chi connectivity index (χ1) is 7.63. The van der Waals surface area contributed by atoms with Crippen molar-refractivity contribution in [1.29, 1.82) is 0 Å². The molecule has 0 heterocycles. The molecule has 4 heteroatoms. The second kappa shape index (κ2) is 6.83. The number of halogens is 2. The summed E-state index contributed by atoms with van der Waals surface area (Å²) in [6.07, 6.45) is 3.59. The van der Waals surface area contributed by atoms with E-state index in [2.05, 4.69) is 12.2 Å². The van der Waals surface area contributed by atoms with Gasteiger partial charge in [-0.05, 0) is 47.2 Å². The average molecular weight is 335 g/mol. The zero-order valence-electron chi connectivity index (χ0n) is 9.22. The summed E-state index contributed by atoms with van der Waals surface area (Å²) < 4.78 is 13.5. The van der Waals surface area contributed by atoms with E-state index in [1.165, 1.54) is 12.1 Å². The molecule has 0 aromatic heterocycles. The molecule has 16 heavy (non-hydrogen) atoms. The van der Waals surface area contributed by atoms with Crippen LogP contribution in [0.5, 0.6) is 0 Å². The fourth-order valence-corrected chi connectivity index (χ4v) is 1.95. The summed E-state index contributed by atoms with van der Waals surface area (Å²) >= 11 is 2.01. The number of benzene rings is 1. The fourth-order valence-electron chi connectivity index (χ4n) is 1.34. The molecule has 0 saturated carbocycles. The molecule has 1 rings (SSSR count). The lowest BCUT2D eigenvalue weighted by Gasteiger charge is -2.07. The molecular formula is C12H15FINO. The quantitative estimate of drug-likeness (QED) is 0.641. The zero-order chi connectivity index (χ0) is 12.0. The van der Waals surface area contributed by atoms with E-state index in [0.29, 0.717) is 12.1 Å². The van der Waals surface area contributed by atoms with Gasteiger partial charge in [-0.3, -0.25) is 4.79 Å². The molecule has 0 bridgehead atoms. The molecule has 1 N–H and O–H groups in total. The van der Waals surface area contributed by atoms with Gasteiger partial charge in [0.15, 0.2) is 0 Å². The number of carbonyl (C=O) groups excluding carboxylic acids is 1. The average Bonchev–Trinajstić information content (AvgIpc) is 2.23. The molecule has 0 atom stereocenters. The maximum absolute atomic E-state index is 12.8. The molecule has 0 radical (unpaired) electrons. The number of carbonyl (C=O) groups is 1. The van der Waals surface area contributed by atoms with Gasteiger partial charge >= 0.3 is 0 Å². The molecule has 2 nitrogen and oxygen atoms in total. The van der Waals surface area contributed by atoms with Crippen molar-refractivity contribution in [1.82, 2.24) is 0 Å². The van der Waals surface area contributed by atoms with Gasteiger partial charge in [0.25, 0.3) is 0 Å². The van der Waals surface area contributed by atoms with Crippen LogP contribution in [0.25, 0.3) is 0 Å². The molecule has 0 aliphatic carbocycles.